The van der Waals surface area contributed by atoms with Gasteiger partial charge in [-0.2, -0.15) is 0 Å². The summed E-state index contributed by atoms with van der Waals surface area (Å²) in [6, 6.07) is 3.34. The van der Waals surface area contributed by atoms with E-state index in [0.29, 0.717) is 12.2 Å². The summed E-state index contributed by atoms with van der Waals surface area (Å²) in [5.41, 5.74) is 0. The van der Waals surface area contributed by atoms with Gasteiger partial charge in [-0.25, -0.2) is 0 Å². The molecule has 0 aliphatic rings. The van der Waals surface area contributed by atoms with E-state index in [2.05, 4.69) is 5.32 Å². The van der Waals surface area contributed by atoms with E-state index < -0.39 is 5.97 Å². The zero-order valence-electron chi connectivity index (χ0n) is 9.10. The lowest BCUT2D eigenvalue weighted by Crippen LogP contribution is -2.26. The van der Waals surface area contributed by atoms with Gasteiger partial charge in [-0.05, 0) is 25.5 Å². The lowest BCUT2D eigenvalue weighted by molar-refractivity contribution is -0.137. The molecule has 16 heavy (non-hydrogen) atoms. The molecule has 88 valence electrons. The highest BCUT2D eigenvalue weighted by atomic mass is 16.4. The van der Waals surface area contributed by atoms with Gasteiger partial charge in [-0.3, -0.25) is 9.59 Å². The normalized spacial score (nSPS) is 12.1. The monoisotopic (exact) mass is 225 g/mol. The maximum atomic E-state index is 11.4. The first-order chi connectivity index (χ1) is 7.59. The SMILES string of the molecule is CC(NC(=O)CCCC(=O)O)c1ccco1. The Morgan fingerprint density at radius 3 is 2.81 bits per heavy atom. The zero-order valence-corrected chi connectivity index (χ0v) is 9.10. The van der Waals surface area contributed by atoms with Crippen LogP contribution in [0.25, 0.3) is 0 Å². The van der Waals surface area contributed by atoms with Gasteiger partial charge in [0.05, 0.1) is 12.3 Å². The zero-order chi connectivity index (χ0) is 12.0. The van der Waals surface area contributed by atoms with Crippen molar-refractivity contribution >= 4 is 11.9 Å². The van der Waals surface area contributed by atoms with Gasteiger partial charge in [-0.15, -0.1) is 0 Å². The predicted molar refractivity (Wildman–Crippen MR) is 56.8 cm³/mol. The number of carbonyl (C=O) groups excluding carboxylic acids is 1. The van der Waals surface area contributed by atoms with E-state index in [-0.39, 0.29) is 24.8 Å². The Morgan fingerprint density at radius 2 is 2.25 bits per heavy atom. The molecule has 1 aromatic heterocycles. The second-order valence-electron chi connectivity index (χ2n) is 3.55. The minimum absolute atomic E-state index is 0.0164. The van der Waals surface area contributed by atoms with E-state index in [4.69, 9.17) is 9.52 Å². The molecular weight excluding hydrogens is 210 g/mol. The second kappa shape index (κ2) is 5.95. The molecule has 1 heterocycles. The smallest absolute Gasteiger partial charge is 0.303 e. The van der Waals surface area contributed by atoms with E-state index in [1.54, 1.807) is 18.4 Å². The molecule has 1 amide bonds. The van der Waals surface area contributed by atoms with Gasteiger partial charge in [0.1, 0.15) is 5.76 Å². The average Bonchev–Trinajstić information content (AvgIpc) is 2.69. The summed E-state index contributed by atoms with van der Waals surface area (Å²) in [5.74, 6) is -0.358. The van der Waals surface area contributed by atoms with Gasteiger partial charge >= 0.3 is 5.97 Å². The highest BCUT2D eigenvalue weighted by Crippen LogP contribution is 2.12. The van der Waals surface area contributed by atoms with Crippen molar-refractivity contribution < 1.29 is 19.1 Å². The predicted octanol–water partition coefficient (Wildman–Crippen LogP) is 1.71. The summed E-state index contributed by atoms with van der Waals surface area (Å²) in [5, 5.41) is 11.1. The molecule has 0 bridgehead atoms. The first-order valence-corrected chi connectivity index (χ1v) is 5.14. The van der Waals surface area contributed by atoms with Gasteiger partial charge in [0, 0.05) is 12.8 Å². The third-order valence-electron chi connectivity index (χ3n) is 2.14. The first kappa shape index (κ1) is 12.3. The van der Waals surface area contributed by atoms with E-state index in [1.165, 1.54) is 0 Å². The quantitative estimate of drug-likeness (QED) is 0.772. The minimum Gasteiger partial charge on any atom is -0.481 e. The van der Waals surface area contributed by atoms with Crippen molar-refractivity contribution in [2.75, 3.05) is 0 Å². The van der Waals surface area contributed by atoms with Crippen molar-refractivity contribution in [1.29, 1.82) is 0 Å². The Labute approximate surface area is 93.4 Å². The van der Waals surface area contributed by atoms with Gasteiger partial charge < -0.3 is 14.8 Å². The number of carbonyl (C=O) groups is 2. The van der Waals surface area contributed by atoms with Crippen LogP contribution in [0.4, 0.5) is 0 Å². The van der Waals surface area contributed by atoms with E-state index >= 15 is 0 Å². The number of carboxylic acid groups (broad SMARTS) is 1. The number of amides is 1. The molecule has 5 heteroatoms. The molecule has 0 aliphatic heterocycles. The molecule has 0 saturated heterocycles. The highest BCUT2D eigenvalue weighted by molar-refractivity contribution is 5.77. The molecule has 0 fully saturated rings. The molecule has 0 saturated carbocycles. The fourth-order valence-corrected chi connectivity index (χ4v) is 1.32. The van der Waals surface area contributed by atoms with Crippen LogP contribution in [-0.4, -0.2) is 17.0 Å². The van der Waals surface area contributed by atoms with Crippen molar-refractivity contribution in [3.63, 3.8) is 0 Å². The number of rotatable bonds is 6. The Hall–Kier alpha value is -1.78. The fraction of sp³-hybridized carbons (Fsp3) is 0.455. The van der Waals surface area contributed by atoms with E-state index in [1.807, 2.05) is 6.92 Å². The van der Waals surface area contributed by atoms with Crippen molar-refractivity contribution in [3.05, 3.63) is 24.2 Å². The Balaban J connectivity index is 2.26. The second-order valence-corrected chi connectivity index (χ2v) is 3.55. The summed E-state index contributed by atoms with van der Waals surface area (Å²) in [4.78, 5) is 21.6. The highest BCUT2D eigenvalue weighted by Gasteiger charge is 2.11. The van der Waals surface area contributed by atoms with Crippen LogP contribution in [0.1, 0.15) is 38.0 Å². The molecule has 0 aliphatic carbocycles. The van der Waals surface area contributed by atoms with Crippen LogP contribution in [-0.2, 0) is 9.59 Å². The molecule has 1 aromatic rings. The average molecular weight is 225 g/mol. The van der Waals surface area contributed by atoms with Crippen molar-refractivity contribution in [2.24, 2.45) is 0 Å². The van der Waals surface area contributed by atoms with Gasteiger partial charge in [0.25, 0.3) is 0 Å². The number of hydrogen-bond donors (Lipinski definition) is 2. The third kappa shape index (κ3) is 4.16. The standard InChI is InChI=1S/C11H15NO4/c1-8(9-4-3-7-16-9)12-10(13)5-2-6-11(14)15/h3-4,7-8H,2,5-6H2,1H3,(H,12,13)(H,14,15). The van der Waals surface area contributed by atoms with Crippen molar-refractivity contribution in [3.8, 4) is 0 Å². The summed E-state index contributed by atoms with van der Waals surface area (Å²) in [6.45, 7) is 1.81. The largest absolute Gasteiger partial charge is 0.481 e. The van der Waals surface area contributed by atoms with Crippen LogP contribution in [0.3, 0.4) is 0 Å². The van der Waals surface area contributed by atoms with Crippen LogP contribution in [0.2, 0.25) is 0 Å². The van der Waals surface area contributed by atoms with Crippen LogP contribution < -0.4 is 5.32 Å². The van der Waals surface area contributed by atoms with Crippen LogP contribution in [0, 0.1) is 0 Å². The third-order valence-corrected chi connectivity index (χ3v) is 2.14. The molecule has 1 unspecified atom stereocenters. The van der Waals surface area contributed by atoms with Crippen LogP contribution in [0.5, 0.6) is 0 Å². The fourth-order valence-electron chi connectivity index (χ4n) is 1.32. The van der Waals surface area contributed by atoms with Gasteiger partial charge in [0.2, 0.25) is 5.91 Å². The summed E-state index contributed by atoms with van der Waals surface area (Å²) < 4.78 is 5.13. The molecule has 1 rings (SSSR count). The number of furan rings is 1. The number of aliphatic carboxylic acids is 1. The number of nitrogens with one attached hydrogen (secondary N) is 1. The topological polar surface area (TPSA) is 79.5 Å². The van der Waals surface area contributed by atoms with Crippen molar-refractivity contribution in [1.82, 2.24) is 5.32 Å². The molecule has 0 radical (unpaired) electrons. The first-order valence-electron chi connectivity index (χ1n) is 5.14. The minimum atomic E-state index is -0.883. The van der Waals surface area contributed by atoms with E-state index in [0.717, 1.165) is 0 Å². The summed E-state index contributed by atoms with van der Waals surface area (Å²) in [6.07, 6.45) is 2.13. The molecule has 0 aromatic carbocycles. The Kier molecular flexibility index (Phi) is 4.57. The van der Waals surface area contributed by atoms with Crippen molar-refractivity contribution in [2.45, 2.75) is 32.2 Å². The number of hydrogen-bond acceptors (Lipinski definition) is 3. The molecule has 0 spiro atoms. The Bertz CT molecular complexity index is 345. The van der Waals surface area contributed by atoms with Gasteiger partial charge in [-0.1, -0.05) is 0 Å². The lowest BCUT2D eigenvalue weighted by Gasteiger charge is -2.10. The molecular formula is C11H15NO4. The Morgan fingerprint density at radius 1 is 1.50 bits per heavy atom. The summed E-state index contributed by atoms with van der Waals surface area (Å²) in [7, 11) is 0. The molecule has 5 nitrogen and oxygen atoms in total. The number of carboxylic acids is 1. The molecule has 1 atom stereocenters. The lowest BCUT2D eigenvalue weighted by atomic mass is 10.2. The van der Waals surface area contributed by atoms with Crippen LogP contribution in [0.15, 0.2) is 22.8 Å². The van der Waals surface area contributed by atoms with Gasteiger partial charge in [0.15, 0.2) is 0 Å². The van der Waals surface area contributed by atoms with Crippen LogP contribution >= 0.6 is 0 Å². The molecule has 2 N–H and O–H groups in total. The summed E-state index contributed by atoms with van der Waals surface area (Å²) >= 11 is 0. The maximum Gasteiger partial charge on any atom is 0.303 e. The van der Waals surface area contributed by atoms with E-state index in [9.17, 15) is 9.59 Å². The maximum absolute atomic E-state index is 11.4.